The van der Waals surface area contributed by atoms with Crippen LogP contribution in [-0.2, 0) is 19.0 Å². The first-order chi connectivity index (χ1) is 8.59. The number of aliphatic hydroxyl groups is 1. The molecule has 5 nitrogen and oxygen atoms in total. The van der Waals surface area contributed by atoms with Gasteiger partial charge >= 0.3 is 5.97 Å². The van der Waals surface area contributed by atoms with E-state index in [1.807, 2.05) is 0 Å². The van der Waals surface area contributed by atoms with Gasteiger partial charge in [-0.05, 0) is 33.3 Å². The lowest BCUT2D eigenvalue weighted by Gasteiger charge is -2.41. The second-order valence-electron chi connectivity index (χ2n) is 6.12. The number of carbonyl (C=O) groups excluding carboxylic acids is 1. The fraction of sp³-hybridized carbons (Fsp3) is 0.786. The number of rotatable bonds is 3. The second-order valence-corrected chi connectivity index (χ2v) is 6.12. The average molecular weight is 272 g/mol. The summed E-state index contributed by atoms with van der Waals surface area (Å²) in [6.45, 7) is 10.9. The summed E-state index contributed by atoms with van der Waals surface area (Å²) >= 11 is 0. The summed E-state index contributed by atoms with van der Waals surface area (Å²) in [5.41, 5.74) is 0.0358. The van der Waals surface area contributed by atoms with E-state index in [-0.39, 0.29) is 12.6 Å². The average Bonchev–Trinajstić information content (AvgIpc) is 2.30. The van der Waals surface area contributed by atoms with Crippen molar-refractivity contribution in [2.45, 2.75) is 52.1 Å². The quantitative estimate of drug-likeness (QED) is 0.625. The minimum atomic E-state index is -0.851. The normalized spacial score (nSPS) is 32.2. The molecule has 0 amide bonds. The van der Waals surface area contributed by atoms with Crippen molar-refractivity contribution in [2.75, 3.05) is 13.7 Å². The van der Waals surface area contributed by atoms with Crippen LogP contribution < -0.4 is 0 Å². The third-order valence-electron chi connectivity index (χ3n) is 3.14. The van der Waals surface area contributed by atoms with Crippen LogP contribution in [0.25, 0.3) is 0 Å². The Hall–Kier alpha value is -0.910. The number of ether oxygens (including phenoxy) is 3. The van der Waals surface area contributed by atoms with Gasteiger partial charge in [-0.3, -0.25) is 4.79 Å². The maximum atomic E-state index is 11.7. The Balaban J connectivity index is 2.66. The van der Waals surface area contributed by atoms with E-state index in [0.717, 1.165) is 0 Å². The predicted molar refractivity (Wildman–Crippen MR) is 70.5 cm³/mol. The third kappa shape index (κ3) is 4.03. The zero-order valence-corrected chi connectivity index (χ0v) is 12.4. The van der Waals surface area contributed by atoms with Gasteiger partial charge in [0.25, 0.3) is 0 Å². The van der Waals surface area contributed by atoms with Crippen LogP contribution >= 0.6 is 0 Å². The summed E-state index contributed by atoms with van der Waals surface area (Å²) in [4.78, 5) is 11.7. The van der Waals surface area contributed by atoms with Crippen LogP contribution in [0.2, 0.25) is 0 Å². The summed E-state index contributed by atoms with van der Waals surface area (Å²) in [6, 6.07) is 0. The minimum absolute atomic E-state index is 0.0186. The first-order valence-corrected chi connectivity index (χ1v) is 6.35. The molecule has 19 heavy (non-hydrogen) atoms. The van der Waals surface area contributed by atoms with E-state index in [0.29, 0.717) is 12.0 Å². The van der Waals surface area contributed by atoms with Gasteiger partial charge < -0.3 is 19.3 Å². The smallest absolute Gasteiger partial charge is 0.311 e. The summed E-state index contributed by atoms with van der Waals surface area (Å²) in [7, 11) is 1.53. The number of aliphatic hydroxyl groups excluding tert-OH is 1. The Labute approximate surface area is 114 Å². The molecule has 1 heterocycles. The number of hydrogen-bond acceptors (Lipinski definition) is 5. The summed E-state index contributed by atoms with van der Waals surface area (Å²) in [5, 5.41) is 10.0. The summed E-state index contributed by atoms with van der Waals surface area (Å²) in [6.07, 6.45) is -1.09. The fourth-order valence-electron chi connectivity index (χ4n) is 1.83. The van der Waals surface area contributed by atoms with Crippen molar-refractivity contribution < 1.29 is 24.1 Å². The molecule has 1 saturated heterocycles. The number of esters is 1. The number of methoxy groups -OCH3 is 1. The van der Waals surface area contributed by atoms with Gasteiger partial charge in [-0.1, -0.05) is 6.58 Å². The van der Waals surface area contributed by atoms with Gasteiger partial charge in [0.1, 0.15) is 18.8 Å². The Morgan fingerprint density at radius 1 is 1.58 bits per heavy atom. The standard InChI is InChI=1S/C14H24O5/c1-9-7-14(5,17-6)19-10(11(9)15)8-18-12(16)13(2,3)4/h10-11,15H,1,7-8H2,2-6H3/t10-,11+,14+/m1/s1. The molecule has 1 rings (SSSR count). The van der Waals surface area contributed by atoms with Gasteiger partial charge in [-0.2, -0.15) is 0 Å². The minimum Gasteiger partial charge on any atom is -0.462 e. The highest BCUT2D eigenvalue weighted by molar-refractivity contribution is 5.75. The fourth-order valence-corrected chi connectivity index (χ4v) is 1.83. The van der Waals surface area contributed by atoms with Gasteiger partial charge in [-0.15, -0.1) is 0 Å². The molecule has 0 spiro atoms. The van der Waals surface area contributed by atoms with Crippen molar-refractivity contribution in [1.29, 1.82) is 0 Å². The van der Waals surface area contributed by atoms with Crippen LogP contribution in [0.15, 0.2) is 12.2 Å². The zero-order valence-electron chi connectivity index (χ0n) is 12.4. The summed E-state index contributed by atoms with van der Waals surface area (Å²) in [5.74, 6) is -1.17. The van der Waals surface area contributed by atoms with Crippen LogP contribution in [0, 0.1) is 5.41 Å². The van der Waals surface area contributed by atoms with Gasteiger partial charge in [0.05, 0.1) is 5.41 Å². The molecule has 0 radical (unpaired) electrons. The topological polar surface area (TPSA) is 65.0 Å². The lowest BCUT2D eigenvalue weighted by molar-refractivity contribution is -0.271. The van der Waals surface area contributed by atoms with Gasteiger partial charge in [0, 0.05) is 13.5 Å². The molecule has 1 fully saturated rings. The van der Waals surface area contributed by atoms with E-state index in [1.165, 1.54) is 7.11 Å². The Morgan fingerprint density at radius 2 is 2.16 bits per heavy atom. The molecule has 1 aliphatic heterocycles. The third-order valence-corrected chi connectivity index (χ3v) is 3.14. The Morgan fingerprint density at radius 3 is 2.63 bits per heavy atom. The zero-order chi connectivity index (χ0) is 14.8. The molecular weight excluding hydrogens is 248 g/mol. The van der Waals surface area contributed by atoms with E-state index in [2.05, 4.69) is 6.58 Å². The van der Waals surface area contributed by atoms with Crippen molar-refractivity contribution in [1.82, 2.24) is 0 Å². The number of carbonyl (C=O) groups is 1. The van der Waals surface area contributed by atoms with Crippen molar-refractivity contribution in [3.05, 3.63) is 12.2 Å². The molecule has 0 aromatic heterocycles. The van der Waals surface area contributed by atoms with E-state index in [1.54, 1.807) is 27.7 Å². The molecule has 0 saturated carbocycles. The lowest BCUT2D eigenvalue weighted by atomic mass is 9.94. The molecular formula is C14H24O5. The molecule has 0 aromatic rings. The highest BCUT2D eigenvalue weighted by atomic mass is 16.7. The van der Waals surface area contributed by atoms with Crippen molar-refractivity contribution in [3.63, 3.8) is 0 Å². The van der Waals surface area contributed by atoms with E-state index in [9.17, 15) is 9.90 Å². The van der Waals surface area contributed by atoms with Crippen LogP contribution in [0.5, 0.6) is 0 Å². The molecule has 110 valence electrons. The molecule has 1 aliphatic rings. The second kappa shape index (κ2) is 5.61. The van der Waals surface area contributed by atoms with Crippen LogP contribution in [0.3, 0.4) is 0 Å². The van der Waals surface area contributed by atoms with E-state index >= 15 is 0 Å². The maximum absolute atomic E-state index is 11.7. The highest BCUT2D eigenvalue weighted by Crippen LogP contribution is 2.32. The van der Waals surface area contributed by atoms with Gasteiger partial charge in [-0.25, -0.2) is 0 Å². The highest BCUT2D eigenvalue weighted by Gasteiger charge is 2.41. The van der Waals surface area contributed by atoms with Crippen LogP contribution in [-0.4, -0.2) is 42.8 Å². The van der Waals surface area contributed by atoms with Crippen LogP contribution in [0.1, 0.15) is 34.1 Å². The molecule has 0 aromatic carbocycles. The molecule has 0 unspecified atom stereocenters. The van der Waals surface area contributed by atoms with E-state index < -0.39 is 23.4 Å². The van der Waals surface area contributed by atoms with Gasteiger partial charge in [0.15, 0.2) is 5.79 Å². The Kier molecular flexibility index (Phi) is 4.76. The largest absolute Gasteiger partial charge is 0.462 e. The first-order valence-electron chi connectivity index (χ1n) is 6.35. The maximum Gasteiger partial charge on any atom is 0.311 e. The van der Waals surface area contributed by atoms with E-state index in [4.69, 9.17) is 14.2 Å². The first kappa shape index (κ1) is 16.1. The molecule has 5 heteroatoms. The SMILES string of the molecule is C=C1C[C@@](C)(OC)O[C@H](COC(=O)C(C)(C)C)[C@H]1O. The molecule has 3 atom stereocenters. The predicted octanol–water partition coefficient (Wildman–Crippen LogP) is 1.64. The Bertz CT molecular complexity index is 357. The van der Waals surface area contributed by atoms with Crippen molar-refractivity contribution in [2.24, 2.45) is 5.41 Å². The molecule has 0 aliphatic carbocycles. The molecule has 1 N–H and O–H groups in total. The lowest BCUT2D eigenvalue weighted by Crippen LogP contribution is -2.50. The number of hydrogen-bond donors (Lipinski definition) is 1. The van der Waals surface area contributed by atoms with Crippen molar-refractivity contribution in [3.8, 4) is 0 Å². The van der Waals surface area contributed by atoms with Gasteiger partial charge in [0.2, 0.25) is 0 Å². The van der Waals surface area contributed by atoms with Crippen molar-refractivity contribution >= 4 is 5.97 Å². The summed E-state index contributed by atoms with van der Waals surface area (Å²) < 4.78 is 16.1. The van der Waals surface area contributed by atoms with Crippen LogP contribution in [0.4, 0.5) is 0 Å². The molecule has 0 bridgehead atoms. The monoisotopic (exact) mass is 272 g/mol.